The fourth-order valence-electron chi connectivity index (χ4n) is 4.77. The Bertz CT molecular complexity index is 1630. The summed E-state index contributed by atoms with van der Waals surface area (Å²) in [7, 11) is -4.10. The Morgan fingerprint density at radius 2 is 1.87 bits per heavy atom. The van der Waals surface area contributed by atoms with E-state index in [0.717, 1.165) is 22.3 Å². The summed E-state index contributed by atoms with van der Waals surface area (Å²) in [5.74, 6) is -0.201. The van der Waals surface area contributed by atoms with Crippen molar-refractivity contribution in [3.8, 4) is 16.9 Å². The summed E-state index contributed by atoms with van der Waals surface area (Å²) in [6.45, 7) is 4.65. The zero-order chi connectivity index (χ0) is 27.0. The van der Waals surface area contributed by atoms with E-state index in [1.165, 1.54) is 10.4 Å². The number of nitrogens with zero attached hydrogens (tertiary/aromatic N) is 1. The normalized spacial score (nSPS) is 16.6. The van der Waals surface area contributed by atoms with Gasteiger partial charge in [0.05, 0.1) is 6.61 Å². The molecule has 0 aliphatic carbocycles. The number of halogens is 1. The molecule has 8 nitrogen and oxygen atoms in total. The van der Waals surface area contributed by atoms with Crippen LogP contribution in [0.4, 0.5) is 0 Å². The molecule has 3 N–H and O–H groups in total. The SMILES string of the molecule is Cc1ccccc1-c1cc(OC[C@@H]2CN(S(=O)(=O)c3c(C(N)=O)[nH]c4ccc(Cl)cc34)CCO2)ccc1C. The third kappa shape index (κ3) is 5.02. The topological polar surface area (TPSA) is 115 Å². The minimum atomic E-state index is -4.10. The van der Waals surface area contributed by atoms with E-state index in [1.807, 2.05) is 30.3 Å². The summed E-state index contributed by atoms with van der Waals surface area (Å²) < 4.78 is 40.7. The van der Waals surface area contributed by atoms with Crippen LogP contribution in [0, 0.1) is 13.8 Å². The summed E-state index contributed by atoms with van der Waals surface area (Å²) >= 11 is 6.13. The Morgan fingerprint density at radius 1 is 1.11 bits per heavy atom. The third-order valence-electron chi connectivity index (χ3n) is 6.74. The van der Waals surface area contributed by atoms with Crippen LogP contribution < -0.4 is 10.5 Å². The number of rotatable bonds is 7. The van der Waals surface area contributed by atoms with Crippen LogP contribution in [0.1, 0.15) is 21.6 Å². The maximum absolute atomic E-state index is 13.7. The van der Waals surface area contributed by atoms with Crippen LogP contribution in [0.5, 0.6) is 5.75 Å². The average molecular weight is 554 g/mol. The zero-order valence-corrected chi connectivity index (χ0v) is 22.6. The van der Waals surface area contributed by atoms with Gasteiger partial charge >= 0.3 is 0 Å². The first-order chi connectivity index (χ1) is 18.1. The predicted molar refractivity (Wildman–Crippen MR) is 147 cm³/mol. The number of H-pyrrole nitrogens is 1. The maximum atomic E-state index is 13.7. The van der Waals surface area contributed by atoms with Gasteiger partial charge in [0.2, 0.25) is 10.0 Å². The molecule has 0 unspecified atom stereocenters. The number of fused-ring (bicyclic) bond motifs is 1. The van der Waals surface area contributed by atoms with Crippen molar-refractivity contribution in [3.05, 3.63) is 82.5 Å². The van der Waals surface area contributed by atoms with Gasteiger partial charge in [-0.25, -0.2) is 8.42 Å². The van der Waals surface area contributed by atoms with Crippen LogP contribution in [0.15, 0.2) is 65.6 Å². The van der Waals surface area contributed by atoms with Crippen LogP contribution in [-0.2, 0) is 14.8 Å². The summed E-state index contributed by atoms with van der Waals surface area (Å²) in [4.78, 5) is 14.8. The number of ether oxygens (including phenoxy) is 2. The van der Waals surface area contributed by atoms with E-state index in [4.69, 9.17) is 26.8 Å². The zero-order valence-electron chi connectivity index (χ0n) is 21.0. The van der Waals surface area contributed by atoms with Gasteiger partial charge < -0.3 is 20.2 Å². The molecule has 0 bridgehead atoms. The van der Waals surface area contributed by atoms with Crippen molar-refractivity contribution in [1.82, 2.24) is 9.29 Å². The fraction of sp³-hybridized carbons (Fsp3) is 0.250. The van der Waals surface area contributed by atoms with E-state index in [-0.39, 0.29) is 36.9 Å². The lowest BCUT2D eigenvalue weighted by Gasteiger charge is -2.32. The number of aryl methyl sites for hydroxylation is 2. The molecule has 4 aromatic rings. The number of morpholine rings is 1. The van der Waals surface area contributed by atoms with E-state index >= 15 is 0 Å². The molecular formula is C28H28ClN3O5S. The van der Waals surface area contributed by atoms with E-state index in [0.29, 0.717) is 21.7 Å². The molecule has 0 saturated carbocycles. The lowest BCUT2D eigenvalue weighted by atomic mass is 9.96. The van der Waals surface area contributed by atoms with Gasteiger partial charge in [0.1, 0.15) is 29.0 Å². The minimum absolute atomic E-state index is 0.0598. The number of carbonyl (C=O) groups is 1. The van der Waals surface area contributed by atoms with E-state index in [9.17, 15) is 13.2 Å². The number of benzene rings is 3. The molecule has 1 aromatic heterocycles. The molecule has 1 atom stereocenters. The van der Waals surface area contributed by atoms with Crippen molar-refractivity contribution in [2.24, 2.45) is 5.73 Å². The minimum Gasteiger partial charge on any atom is -0.491 e. The highest BCUT2D eigenvalue weighted by Gasteiger charge is 2.36. The van der Waals surface area contributed by atoms with Gasteiger partial charge in [-0.1, -0.05) is 41.9 Å². The molecule has 0 radical (unpaired) electrons. The van der Waals surface area contributed by atoms with Gasteiger partial charge in [0.25, 0.3) is 5.91 Å². The number of nitrogens with two attached hydrogens (primary N) is 1. The molecule has 2 heterocycles. The molecule has 1 amide bonds. The highest BCUT2D eigenvalue weighted by molar-refractivity contribution is 7.89. The van der Waals surface area contributed by atoms with Gasteiger partial charge in [-0.05, 0) is 66.4 Å². The van der Waals surface area contributed by atoms with Crippen molar-refractivity contribution in [1.29, 1.82) is 0 Å². The van der Waals surface area contributed by atoms with Crippen LogP contribution >= 0.6 is 11.6 Å². The quantitative estimate of drug-likeness (QED) is 0.345. The van der Waals surface area contributed by atoms with Crippen molar-refractivity contribution in [2.75, 3.05) is 26.3 Å². The first kappa shape index (κ1) is 26.2. The Balaban J connectivity index is 1.36. The summed E-state index contributed by atoms with van der Waals surface area (Å²) in [6.07, 6.45) is -0.507. The lowest BCUT2D eigenvalue weighted by Crippen LogP contribution is -2.47. The maximum Gasteiger partial charge on any atom is 0.266 e. The van der Waals surface area contributed by atoms with Gasteiger partial charge in [-0.3, -0.25) is 4.79 Å². The molecule has 1 fully saturated rings. The van der Waals surface area contributed by atoms with Gasteiger partial charge in [0, 0.05) is 29.0 Å². The van der Waals surface area contributed by atoms with E-state index in [1.54, 1.807) is 12.1 Å². The summed E-state index contributed by atoms with van der Waals surface area (Å²) in [6, 6.07) is 18.8. The molecule has 1 aliphatic heterocycles. The Kier molecular flexibility index (Phi) is 7.19. The van der Waals surface area contributed by atoms with Crippen molar-refractivity contribution < 1.29 is 22.7 Å². The molecule has 10 heteroatoms. The van der Waals surface area contributed by atoms with Crippen LogP contribution in [0.3, 0.4) is 0 Å². The second-order valence-electron chi connectivity index (χ2n) is 9.34. The molecule has 5 rings (SSSR count). The first-order valence-corrected chi connectivity index (χ1v) is 14.0. The molecule has 3 aromatic carbocycles. The van der Waals surface area contributed by atoms with E-state index < -0.39 is 22.0 Å². The van der Waals surface area contributed by atoms with Crippen LogP contribution in [-0.4, -0.2) is 56.0 Å². The molecule has 38 heavy (non-hydrogen) atoms. The average Bonchev–Trinajstić information content (AvgIpc) is 3.29. The number of hydrogen-bond donors (Lipinski definition) is 2. The largest absolute Gasteiger partial charge is 0.491 e. The number of amides is 1. The monoisotopic (exact) mass is 553 g/mol. The molecule has 0 spiro atoms. The number of hydrogen-bond acceptors (Lipinski definition) is 5. The summed E-state index contributed by atoms with van der Waals surface area (Å²) in [5.41, 5.74) is 10.3. The molecular weight excluding hydrogens is 526 g/mol. The number of carbonyl (C=O) groups excluding carboxylic acids is 1. The number of nitrogens with one attached hydrogen (secondary N) is 1. The second kappa shape index (κ2) is 10.4. The molecule has 1 saturated heterocycles. The van der Waals surface area contributed by atoms with E-state index in [2.05, 4.69) is 31.0 Å². The predicted octanol–water partition coefficient (Wildman–Crippen LogP) is 4.67. The second-order valence-corrected chi connectivity index (χ2v) is 11.7. The number of primary amides is 1. The van der Waals surface area contributed by atoms with Crippen molar-refractivity contribution in [3.63, 3.8) is 0 Å². The Labute approximate surface area is 226 Å². The summed E-state index contributed by atoms with van der Waals surface area (Å²) in [5, 5.41) is 0.661. The smallest absolute Gasteiger partial charge is 0.266 e. The van der Waals surface area contributed by atoms with Crippen molar-refractivity contribution >= 4 is 38.4 Å². The Hall–Kier alpha value is -3.37. The van der Waals surface area contributed by atoms with Gasteiger partial charge in [0.15, 0.2) is 0 Å². The third-order valence-corrected chi connectivity index (χ3v) is 8.93. The standard InChI is InChI=1S/C28H28ClN3O5S/c1-17-5-3-4-6-22(17)23-14-20(9-7-18(23)2)37-16-21-15-32(11-12-36-21)38(34,35)27-24-13-19(29)8-10-25(24)31-26(27)28(30)33/h3-10,13-14,21,31H,11-12,15-16H2,1-2H3,(H2,30,33)/t21-/m0/s1. The van der Waals surface area contributed by atoms with Crippen LogP contribution in [0.25, 0.3) is 22.0 Å². The van der Waals surface area contributed by atoms with Gasteiger partial charge in [-0.2, -0.15) is 4.31 Å². The number of sulfonamides is 1. The van der Waals surface area contributed by atoms with Crippen LogP contribution in [0.2, 0.25) is 5.02 Å². The Morgan fingerprint density at radius 3 is 2.63 bits per heavy atom. The van der Waals surface area contributed by atoms with Gasteiger partial charge in [-0.15, -0.1) is 0 Å². The highest BCUT2D eigenvalue weighted by Crippen LogP contribution is 2.33. The number of aromatic nitrogens is 1. The first-order valence-electron chi connectivity index (χ1n) is 12.2. The fourth-order valence-corrected chi connectivity index (χ4v) is 6.73. The number of aromatic amines is 1. The van der Waals surface area contributed by atoms with Crippen molar-refractivity contribution in [2.45, 2.75) is 24.8 Å². The molecule has 1 aliphatic rings. The lowest BCUT2D eigenvalue weighted by molar-refractivity contribution is -0.0249. The molecule has 198 valence electrons. The highest BCUT2D eigenvalue weighted by atomic mass is 35.5.